The van der Waals surface area contributed by atoms with E-state index >= 15 is 0 Å². The van der Waals surface area contributed by atoms with Crippen LogP contribution in [-0.4, -0.2) is 16.7 Å². The van der Waals surface area contributed by atoms with E-state index in [4.69, 9.17) is 15.2 Å². The lowest BCUT2D eigenvalue weighted by atomic mass is 9.74. The molecule has 2 aliphatic carbocycles. The van der Waals surface area contributed by atoms with Crippen molar-refractivity contribution in [2.24, 2.45) is 11.7 Å². The lowest BCUT2D eigenvalue weighted by molar-refractivity contribution is 0.219. The Labute approximate surface area is 127 Å². The predicted octanol–water partition coefficient (Wildman–Crippen LogP) is 3.91. The van der Waals surface area contributed by atoms with Crippen molar-refractivity contribution in [2.45, 2.75) is 82.5 Å². The Bertz CT molecular complexity index is 443. The molecule has 0 atom stereocenters. The van der Waals surface area contributed by atoms with Crippen LogP contribution in [-0.2, 0) is 5.41 Å². The lowest BCUT2D eigenvalue weighted by Gasteiger charge is -2.32. The highest BCUT2D eigenvalue weighted by Gasteiger charge is 2.38. The predicted molar refractivity (Wildman–Crippen MR) is 83.1 cm³/mol. The Balaban J connectivity index is 1.71. The van der Waals surface area contributed by atoms with Crippen molar-refractivity contribution in [1.29, 1.82) is 0 Å². The van der Waals surface area contributed by atoms with Crippen molar-refractivity contribution in [3.63, 3.8) is 0 Å². The number of nitrogens with zero attached hydrogens (tertiary/aromatic N) is 2. The minimum Gasteiger partial charge on any atom is -0.339 e. The van der Waals surface area contributed by atoms with Crippen LogP contribution in [0.25, 0.3) is 0 Å². The summed E-state index contributed by atoms with van der Waals surface area (Å²) in [5.74, 6) is 3.17. The number of aromatic nitrogens is 2. The molecule has 1 aromatic heterocycles. The monoisotopic (exact) mass is 291 g/mol. The third-order valence-corrected chi connectivity index (χ3v) is 5.89. The molecule has 2 fully saturated rings. The summed E-state index contributed by atoms with van der Waals surface area (Å²) in [6.07, 6.45) is 12.3. The van der Waals surface area contributed by atoms with Crippen LogP contribution in [0.2, 0.25) is 0 Å². The SMILES string of the molecule is CCC1CCC(c2noc(C3(CN)CCCCC3)n2)CC1. The van der Waals surface area contributed by atoms with E-state index in [-0.39, 0.29) is 5.41 Å². The summed E-state index contributed by atoms with van der Waals surface area (Å²) < 4.78 is 5.66. The van der Waals surface area contributed by atoms with E-state index in [9.17, 15) is 0 Å². The summed E-state index contributed by atoms with van der Waals surface area (Å²) >= 11 is 0. The molecule has 0 spiro atoms. The van der Waals surface area contributed by atoms with E-state index in [1.165, 1.54) is 51.4 Å². The van der Waals surface area contributed by atoms with Crippen molar-refractivity contribution in [3.05, 3.63) is 11.7 Å². The Morgan fingerprint density at radius 2 is 1.86 bits per heavy atom. The van der Waals surface area contributed by atoms with Gasteiger partial charge in [-0.3, -0.25) is 0 Å². The molecule has 0 bridgehead atoms. The zero-order valence-corrected chi connectivity index (χ0v) is 13.3. The second kappa shape index (κ2) is 6.47. The molecule has 0 aromatic carbocycles. The highest BCUT2D eigenvalue weighted by molar-refractivity contribution is 5.09. The summed E-state index contributed by atoms with van der Waals surface area (Å²) in [4.78, 5) is 4.79. The molecule has 118 valence electrons. The van der Waals surface area contributed by atoms with E-state index in [0.29, 0.717) is 12.5 Å². The van der Waals surface area contributed by atoms with E-state index in [0.717, 1.165) is 30.5 Å². The second-order valence-corrected chi connectivity index (χ2v) is 7.13. The van der Waals surface area contributed by atoms with Gasteiger partial charge in [-0.25, -0.2) is 0 Å². The van der Waals surface area contributed by atoms with Gasteiger partial charge in [0, 0.05) is 12.5 Å². The molecule has 3 rings (SSSR count). The number of rotatable bonds is 4. The molecule has 0 aliphatic heterocycles. The van der Waals surface area contributed by atoms with Gasteiger partial charge in [0.05, 0.1) is 5.41 Å². The van der Waals surface area contributed by atoms with Gasteiger partial charge in [0.2, 0.25) is 5.89 Å². The van der Waals surface area contributed by atoms with Gasteiger partial charge in [0.1, 0.15) is 0 Å². The van der Waals surface area contributed by atoms with E-state index in [1.54, 1.807) is 0 Å². The van der Waals surface area contributed by atoms with Crippen LogP contribution in [0.1, 0.15) is 88.8 Å². The molecule has 0 radical (unpaired) electrons. The standard InChI is InChI=1S/C17H29N3O/c1-2-13-6-8-14(9-7-13)15-19-16(21-20-15)17(12-18)10-4-3-5-11-17/h13-14H,2-12,18H2,1H3. The second-order valence-electron chi connectivity index (χ2n) is 7.13. The molecule has 1 aromatic rings. The third-order valence-electron chi connectivity index (χ3n) is 5.89. The maximum Gasteiger partial charge on any atom is 0.234 e. The smallest absolute Gasteiger partial charge is 0.234 e. The zero-order chi connectivity index (χ0) is 14.7. The minimum absolute atomic E-state index is 0.0376. The Kier molecular flexibility index (Phi) is 4.63. The van der Waals surface area contributed by atoms with Crippen LogP contribution >= 0.6 is 0 Å². The summed E-state index contributed by atoms with van der Waals surface area (Å²) in [7, 11) is 0. The molecule has 2 N–H and O–H groups in total. The first-order valence-corrected chi connectivity index (χ1v) is 8.81. The average Bonchev–Trinajstić information content (AvgIpc) is 3.06. The summed E-state index contributed by atoms with van der Waals surface area (Å²) in [5, 5.41) is 4.32. The van der Waals surface area contributed by atoms with Gasteiger partial charge < -0.3 is 10.3 Å². The first-order chi connectivity index (χ1) is 10.3. The molecule has 0 unspecified atom stereocenters. The molecule has 4 nitrogen and oxygen atoms in total. The molecule has 2 saturated carbocycles. The van der Waals surface area contributed by atoms with Gasteiger partial charge in [0.25, 0.3) is 0 Å². The number of nitrogens with two attached hydrogens (primary N) is 1. The Morgan fingerprint density at radius 1 is 1.14 bits per heavy atom. The summed E-state index contributed by atoms with van der Waals surface area (Å²) in [6.45, 7) is 2.93. The number of hydrogen-bond donors (Lipinski definition) is 1. The van der Waals surface area contributed by atoms with Gasteiger partial charge in [-0.05, 0) is 44.4 Å². The fourth-order valence-corrected chi connectivity index (χ4v) is 4.18. The Morgan fingerprint density at radius 3 is 2.48 bits per heavy atom. The van der Waals surface area contributed by atoms with Crippen LogP contribution in [0, 0.1) is 5.92 Å². The van der Waals surface area contributed by atoms with Crippen LogP contribution in [0.4, 0.5) is 0 Å². The molecular formula is C17H29N3O. The quantitative estimate of drug-likeness (QED) is 0.913. The first kappa shape index (κ1) is 15.0. The third kappa shape index (κ3) is 3.01. The van der Waals surface area contributed by atoms with Crippen molar-refractivity contribution >= 4 is 0 Å². The van der Waals surface area contributed by atoms with Crippen LogP contribution in [0.5, 0.6) is 0 Å². The van der Waals surface area contributed by atoms with E-state index in [1.807, 2.05) is 0 Å². The average molecular weight is 291 g/mol. The van der Waals surface area contributed by atoms with Crippen molar-refractivity contribution in [3.8, 4) is 0 Å². The minimum atomic E-state index is -0.0376. The maximum absolute atomic E-state index is 6.07. The first-order valence-electron chi connectivity index (χ1n) is 8.81. The zero-order valence-electron chi connectivity index (χ0n) is 13.3. The molecular weight excluding hydrogens is 262 g/mol. The van der Waals surface area contributed by atoms with E-state index < -0.39 is 0 Å². The fraction of sp³-hybridized carbons (Fsp3) is 0.882. The molecule has 2 aliphatic rings. The molecule has 0 saturated heterocycles. The molecule has 0 amide bonds. The van der Waals surface area contributed by atoms with Gasteiger partial charge >= 0.3 is 0 Å². The Hall–Kier alpha value is -0.900. The topological polar surface area (TPSA) is 64.9 Å². The largest absolute Gasteiger partial charge is 0.339 e. The van der Waals surface area contributed by atoms with Gasteiger partial charge in [-0.1, -0.05) is 37.8 Å². The van der Waals surface area contributed by atoms with Crippen molar-refractivity contribution in [2.75, 3.05) is 6.54 Å². The highest BCUT2D eigenvalue weighted by atomic mass is 16.5. The van der Waals surface area contributed by atoms with Gasteiger partial charge in [-0.15, -0.1) is 0 Å². The normalized spacial score (nSPS) is 29.4. The van der Waals surface area contributed by atoms with Crippen LogP contribution in [0.3, 0.4) is 0 Å². The molecule has 21 heavy (non-hydrogen) atoms. The molecule has 1 heterocycles. The maximum atomic E-state index is 6.07. The van der Waals surface area contributed by atoms with Crippen molar-refractivity contribution in [1.82, 2.24) is 10.1 Å². The van der Waals surface area contributed by atoms with Crippen molar-refractivity contribution < 1.29 is 4.52 Å². The van der Waals surface area contributed by atoms with Gasteiger partial charge in [0.15, 0.2) is 5.82 Å². The summed E-state index contributed by atoms with van der Waals surface area (Å²) in [6, 6.07) is 0. The summed E-state index contributed by atoms with van der Waals surface area (Å²) in [5.41, 5.74) is 6.03. The van der Waals surface area contributed by atoms with Gasteiger partial charge in [-0.2, -0.15) is 4.98 Å². The fourth-order valence-electron chi connectivity index (χ4n) is 4.18. The van der Waals surface area contributed by atoms with Crippen LogP contribution in [0.15, 0.2) is 4.52 Å². The lowest BCUT2D eigenvalue weighted by Crippen LogP contribution is -2.37. The number of hydrogen-bond acceptors (Lipinski definition) is 4. The van der Waals surface area contributed by atoms with Crippen LogP contribution < -0.4 is 5.73 Å². The molecule has 4 heteroatoms. The highest BCUT2D eigenvalue weighted by Crippen LogP contribution is 2.40. The van der Waals surface area contributed by atoms with E-state index in [2.05, 4.69) is 12.1 Å².